The summed E-state index contributed by atoms with van der Waals surface area (Å²) in [7, 11) is 2.92. The number of ether oxygens (including phenoxy) is 3. The van der Waals surface area contributed by atoms with Gasteiger partial charge in [0.25, 0.3) is 0 Å². The fraction of sp³-hybridized carbons (Fsp3) is 0.568. The minimum absolute atomic E-state index is 0.0397. The highest BCUT2D eigenvalue weighted by atomic mass is 16.6. The predicted octanol–water partition coefficient (Wildman–Crippen LogP) is 1.03. The van der Waals surface area contributed by atoms with Crippen LogP contribution in [-0.2, 0) is 23.8 Å². The van der Waals surface area contributed by atoms with Crippen LogP contribution in [0.25, 0.3) is 0 Å². The molecule has 2 heterocycles. The largest absolute Gasteiger partial charge is 0.467 e. The number of furan rings is 1. The van der Waals surface area contributed by atoms with E-state index in [-0.39, 0.29) is 35.5 Å². The van der Waals surface area contributed by atoms with Crippen LogP contribution >= 0.6 is 0 Å². The number of amides is 2. The van der Waals surface area contributed by atoms with Crippen LogP contribution in [0.5, 0.6) is 0 Å². The number of Topliss-reactive ketones (excluding diaryl/α,β-unsaturated/α-hetero) is 1. The first-order valence-electron chi connectivity index (χ1n) is 17.1. The zero-order chi connectivity index (χ0) is 38.1. The van der Waals surface area contributed by atoms with Crippen LogP contribution in [0.4, 0.5) is 4.79 Å². The van der Waals surface area contributed by atoms with E-state index in [4.69, 9.17) is 18.6 Å². The second kappa shape index (κ2) is 13.1. The number of rotatable bonds is 7. The molecule has 2 saturated carbocycles. The van der Waals surface area contributed by atoms with Gasteiger partial charge in [0.1, 0.15) is 41.3 Å². The van der Waals surface area contributed by atoms with Gasteiger partial charge < -0.3 is 54.4 Å². The van der Waals surface area contributed by atoms with E-state index in [2.05, 4.69) is 5.32 Å². The zero-order valence-electron chi connectivity index (χ0n) is 29.8. The van der Waals surface area contributed by atoms with Crippen LogP contribution in [0.3, 0.4) is 0 Å². The summed E-state index contributed by atoms with van der Waals surface area (Å²) in [5.74, 6) is -4.52. The number of carbonyl (C=O) groups excluding carboxylic acids is 4. The van der Waals surface area contributed by atoms with E-state index in [1.165, 1.54) is 63.4 Å². The molecule has 282 valence electrons. The van der Waals surface area contributed by atoms with Crippen LogP contribution in [0, 0.1) is 16.7 Å². The van der Waals surface area contributed by atoms with Gasteiger partial charge in [-0.1, -0.05) is 32.0 Å². The number of benzene rings is 1. The fourth-order valence-corrected chi connectivity index (χ4v) is 8.76. The van der Waals surface area contributed by atoms with Gasteiger partial charge in [0, 0.05) is 38.3 Å². The van der Waals surface area contributed by atoms with Crippen LogP contribution < -0.4 is 5.32 Å². The predicted molar refractivity (Wildman–Crippen MR) is 179 cm³/mol. The van der Waals surface area contributed by atoms with Crippen LogP contribution in [0.2, 0.25) is 0 Å². The molecule has 2 amide bonds. The van der Waals surface area contributed by atoms with Crippen LogP contribution in [0.1, 0.15) is 62.7 Å². The molecule has 6 rings (SSSR count). The smallest absolute Gasteiger partial charge is 0.338 e. The van der Waals surface area contributed by atoms with Crippen molar-refractivity contribution in [3.63, 3.8) is 0 Å². The first kappa shape index (κ1) is 37.6. The highest BCUT2D eigenvalue weighted by molar-refractivity contribution is 5.94. The summed E-state index contributed by atoms with van der Waals surface area (Å²) in [4.78, 5) is 56.0. The Labute approximate surface area is 300 Å². The molecule has 1 saturated heterocycles. The number of hydrogen-bond acceptors (Lipinski definition) is 13. The van der Waals surface area contributed by atoms with E-state index < -0.39 is 101 Å². The highest BCUT2D eigenvalue weighted by Crippen LogP contribution is 2.63. The number of esters is 2. The normalized spacial score (nSPS) is 36.1. The molecule has 2 aromatic rings. The third-order valence-electron chi connectivity index (χ3n) is 12.0. The Morgan fingerprint density at radius 1 is 1.02 bits per heavy atom. The van der Waals surface area contributed by atoms with Crippen molar-refractivity contribution in [1.82, 2.24) is 10.2 Å². The summed E-state index contributed by atoms with van der Waals surface area (Å²) < 4.78 is 23.0. The number of urea groups is 1. The third-order valence-corrected chi connectivity index (χ3v) is 12.0. The molecule has 2 bridgehead atoms. The molecule has 1 aromatic heterocycles. The Hall–Kier alpha value is -4.12. The molecule has 0 radical (unpaired) electrons. The van der Waals surface area contributed by atoms with Crippen LogP contribution in [0.15, 0.2) is 64.3 Å². The molecule has 1 aromatic carbocycles. The monoisotopic (exact) mass is 726 g/mol. The average molecular weight is 727 g/mol. The number of nitrogens with one attached hydrogen (secondary N) is 1. The van der Waals surface area contributed by atoms with Gasteiger partial charge in [0.15, 0.2) is 11.9 Å². The molecule has 6 N–H and O–H groups in total. The van der Waals surface area contributed by atoms with E-state index in [0.717, 1.165) is 0 Å². The number of aliphatic hydroxyl groups is 5. The van der Waals surface area contributed by atoms with Crippen molar-refractivity contribution in [2.45, 2.75) is 94.4 Å². The second-order valence-corrected chi connectivity index (χ2v) is 15.3. The van der Waals surface area contributed by atoms with Gasteiger partial charge in [0.05, 0.1) is 36.1 Å². The standard InChI is InChI=1S/C37H46N2O13/c1-18-21(51-32(45)27(42)25(20-13-10-14-49-20)38-33(46)39(5)6)16-37(48)30(52-31(44)19-11-8-7-9-12-19)28-35(4,22(40)15-23-36(28,47)17-50-23)29(43)26(41)24(18)34(37,2)3/h7-14,21-23,25-28,30,40-42,47-48H,15-17H2,1-6H3,(H,38,46)/t21?,22?,23?,25?,26?,27?,28?,30?,35-,36+,37?/m1/s1. The van der Waals surface area contributed by atoms with Crippen molar-refractivity contribution in [2.75, 3.05) is 20.7 Å². The van der Waals surface area contributed by atoms with Gasteiger partial charge in [-0.3, -0.25) is 4.79 Å². The Kier molecular flexibility index (Phi) is 9.46. The minimum Gasteiger partial charge on any atom is -0.467 e. The highest BCUT2D eigenvalue weighted by Gasteiger charge is 2.76. The Morgan fingerprint density at radius 2 is 1.69 bits per heavy atom. The molecule has 0 spiro atoms. The molecular weight excluding hydrogens is 680 g/mol. The molecule has 15 nitrogen and oxygen atoms in total. The summed E-state index contributed by atoms with van der Waals surface area (Å²) in [6, 6.07) is 8.76. The SMILES string of the molecule is CC1=C2C(O)C(=O)[C@]3(C)C(O)CC4OC[C@@]4(O)C3C(OC(=O)c3ccccc3)C(O)(CC1OC(=O)C(O)C(NC(=O)N(C)C)c1ccco1)C2(C)C. The van der Waals surface area contributed by atoms with E-state index in [1.54, 1.807) is 32.0 Å². The van der Waals surface area contributed by atoms with Crippen molar-refractivity contribution >= 4 is 23.8 Å². The van der Waals surface area contributed by atoms with Crippen molar-refractivity contribution in [1.29, 1.82) is 0 Å². The van der Waals surface area contributed by atoms with Gasteiger partial charge in [-0.2, -0.15) is 0 Å². The quantitative estimate of drug-likeness (QED) is 0.173. The van der Waals surface area contributed by atoms with E-state index in [0.29, 0.717) is 0 Å². The van der Waals surface area contributed by atoms with Gasteiger partial charge in [-0.15, -0.1) is 0 Å². The van der Waals surface area contributed by atoms with E-state index >= 15 is 0 Å². The maximum Gasteiger partial charge on any atom is 0.338 e. The first-order chi connectivity index (χ1) is 24.3. The summed E-state index contributed by atoms with van der Waals surface area (Å²) in [6.07, 6.45) is -9.06. The van der Waals surface area contributed by atoms with Crippen LogP contribution in [-0.4, -0.2) is 123 Å². The van der Waals surface area contributed by atoms with Gasteiger partial charge in [-0.25, -0.2) is 14.4 Å². The molecule has 4 aliphatic rings. The molecule has 3 aliphatic carbocycles. The van der Waals surface area contributed by atoms with Gasteiger partial charge in [0.2, 0.25) is 0 Å². The summed E-state index contributed by atoms with van der Waals surface area (Å²) in [5.41, 5.74) is -7.53. The maximum atomic E-state index is 14.6. The lowest BCUT2D eigenvalue weighted by atomic mass is 9.44. The molecule has 11 atom stereocenters. The van der Waals surface area contributed by atoms with E-state index in [1.807, 2.05) is 0 Å². The number of ketones is 1. The first-order valence-corrected chi connectivity index (χ1v) is 17.1. The number of aliphatic hydroxyl groups excluding tert-OH is 3. The molecule has 9 unspecified atom stereocenters. The summed E-state index contributed by atoms with van der Waals surface area (Å²) >= 11 is 0. The number of fused-ring (bicyclic) bond motifs is 5. The number of hydrogen-bond donors (Lipinski definition) is 6. The van der Waals surface area contributed by atoms with Gasteiger partial charge >= 0.3 is 18.0 Å². The molecule has 3 fully saturated rings. The summed E-state index contributed by atoms with van der Waals surface area (Å²) in [6.45, 7) is 5.65. The Balaban J connectivity index is 1.47. The minimum atomic E-state index is -2.30. The van der Waals surface area contributed by atoms with Crippen molar-refractivity contribution in [3.05, 3.63) is 71.2 Å². The lowest BCUT2D eigenvalue weighted by Gasteiger charge is -2.66. The summed E-state index contributed by atoms with van der Waals surface area (Å²) in [5, 5.41) is 62.7. The van der Waals surface area contributed by atoms with Crippen molar-refractivity contribution < 1.29 is 63.3 Å². The molecule has 15 heteroatoms. The van der Waals surface area contributed by atoms with Crippen molar-refractivity contribution in [2.24, 2.45) is 16.7 Å². The fourth-order valence-electron chi connectivity index (χ4n) is 8.76. The third kappa shape index (κ3) is 5.56. The number of nitrogens with zero attached hydrogens (tertiary/aromatic N) is 1. The lowest BCUT2D eigenvalue weighted by molar-refractivity contribution is -0.343. The lowest BCUT2D eigenvalue weighted by Crippen LogP contribution is -2.81. The molecule has 52 heavy (non-hydrogen) atoms. The molecular formula is C37H46N2O13. The van der Waals surface area contributed by atoms with E-state index in [9.17, 15) is 44.7 Å². The second-order valence-electron chi connectivity index (χ2n) is 15.3. The van der Waals surface area contributed by atoms with Gasteiger partial charge in [-0.05, 0) is 49.3 Å². The maximum absolute atomic E-state index is 14.6. The average Bonchev–Trinajstić information content (AvgIpc) is 3.64. The number of carbonyl (C=O) groups is 4. The topological polar surface area (TPSA) is 226 Å². The van der Waals surface area contributed by atoms with Crippen molar-refractivity contribution in [3.8, 4) is 0 Å². The Morgan fingerprint density at radius 3 is 2.27 bits per heavy atom. The molecule has 1 aliphatic heterocycles. The Bertz CT molecular complexity index is 1760. The zero-order valence-corrected chi connectivity index (χ0v) is 29.8.